The van der Waals surface area contributed by atoms with Gasteiger partial charge in [-0.2, -0.15) is 0 Å². The van der Waals surface area contributed by atoms with Gasteiger partial charge in [-0.15, -0.1) is 0 Å². The molecule has 2 fully saturated rings. The fourth-order valence-corrected chi connectivity index (χ4v) is 4.86. The maximum atomic E-state index is 13.6. The third-order valence-corrected chi connectivity index (χ3v) is 7.27. The van der Waals surface area contributed by atoms with Gasteiger partial charge < -0.3 is 20.1 Å². The number of hydrogen-bond donors (Lipinski definition) is 3. The number of aliphatic hydroxyl groups excluding tert-OH is 1. The highest BCUT2D eigenvalue weighted by Crippen LogP contribution is 2.68. The normalized spacial score (nSPS) is 27.9. The number of nitrogens with zero attached hydrogens (tertiary/aromatic N) is 1. The minimum absolute atomic E-state index is 0.0845. The van der Waals surface area contributed by atoms with E-state index in [9.17, 15) is 28.6 Å². The van der Waals surface area contributed by atoms with Crippen LogP contribution in [0.1, 0.15) is 55.4 Å². The topological polar surface area (TPSA) is 91.6 Å². The lowest BCUT2D eigenvalue weighted by atomic mass is 9.76. The molecular weight excluding hydrogens is 430 g/mol. The molecule has 1 aromatic heterocycles. The quantitative estimate of drug-likeness (QED) is 0.646. The zero-order valence-electron chi connectivity index (χ0n) is 17.1. The SMILES string of the molecule is C[C@H](CO)n1ccc2c(C(=O)NCC3(O)CCC4(CC3)CC4(F)F)c(Cl)ccc2c1=O. The summed E-state index contributed by atoms with van der Waals surface area (Å²) in [6, 6.07) is 4.16. The number of aromatic nitrogens is 1. The van der Waals surface area contributed by atoms with Crippen LogP contribution < -0.4 is 10.9 Å². The molecule has 31 heavy (non-hydrogen) atoms. The largest absolute Gasteiger partial charge is 0.394 e. The van der Waals surface area contributed by atoms with E-state index in [2.05, 4.69) is 5.32 Å². The Morgan fingerprint density at radius 2 is 1.87 bits per heavy atom. The first-order chi connectivity index (χ1) is 14.5. The molecule has 0 saturated heterocycles. The van der Waals surface area contributed by atoms with E-state index in [4.69, 9.17) is 11.6 Å². The molecule has 9 heteroatoms. The van der Waals surface area contributed by atoms with Crippen molar-refractivity contribution in [3.05, 3.63) is 45.3 Å². The van der Waals surface area contributed by atoms with E-state index < -0.39 is 28.9 Å². The van der Waals surface area contributed by atoms with Gasteiger partial charge in [0.1, 0.15) is 0 Å². The molecule has 3 N–H and O–H groups in total. The van der Waals surface area contributed by atoms with Crippen LogP contribution in [0.5, 0.6) is 0 Å². The molecule has 0 aliphatic heterocycles. The molecule has 0 radical (unpaired) electrons. The third-order valence-electron chi connectivity index (χ3n) is 6.95. The molecule has 1 spiro atoms. The van der Waals surface area contributed by atoms with Crippen LogP contribution in [0.4, 0.5) is 8.78 Å². The molecule has 2 aliphatic rings. The number of amides is 1. The monoisotopic (exact) mass is 454 g/mol. The number of halogens is 3. The van der Waals surface area contributed by atoms with Crippen molar-refractivity contribution in [2.75, 3.05) is 13.2 Å². The Hall–Kier alpha value is -2.03. The second kappa shape index (κ2) is 7.53. The highest BCUT2D eigenvalue weighted by Gasteiger charge is 2.71. The molecule has 0 bridgehead atoms. The van der Waals surface area contributed by atoms with E-state index in [1.54, 1.807) is 13.0 Å². The first kappa shape index (κ1) is 22.2. The van der Waals surface area contributed by atoms with Crippen molar-refractivity contribution in [1.29, 1.82) is 0 Å². The molecule has 168 valence electrons. The Morgan fingerprint density at radius 1 is 1.23 bits per heavy atom. The van der Waals surface area contributed by atoms with Crippen LogP contribution in [0.3, 0.4) is 0 Å². The number of carbonyl (C=O) groups excluding carboxylic acids is 1. The van der Waals surface area contributed by atoms with Crippen LogP contribution in [0.25, 0.3) is 10.8 Å². The van der Waals surface area contributed by atoms with Crippen molar-refractivity contribution in [1.82, 2.24) is 9.88 Å². The number of rotatable bonds is 5. The molecule has 2 aromatic rings. The molecule has 1 amide bonds. The van der Waals surface area contributed by atoms with Gasteiger partial charge in [0.15, 0.2) is 0 Å². The number of carbonyl (C=O) groups is 1. The fraction of sp³-hybridized carbons (Fsp3) is 0.545. The molecule has 2 aliphatic carbocycles. The summed E-state index contributed by atoms with van der Waals surface area (Å²) in [4.78, 5) is 25.7. The first-order valence-electron chi connectivity index (χ1n) is 10.4. The lowest BCUT2D eigenvalue weighted by molar-refractivity contribution is -0.0377. The third kappa shape index (κ3) is 3.75. The highest BCUT2D eigenvalue weighted by atomic mass is 35.5. The smallest absolute Gasteiger partial charge is 0.258 e. The second-order valence-corrected chi connectivity index (χ2v) is 9.42. The summed E-state index contributed by atoms with van der Waals surface area (Å²) < 4.78 is 28.5. The van der Waals surface area contributed by atoms with E-state index in [1.165, 1.54) is 22.9 Å². The second-order valence-electron chi connectivity index (χ2n) is 9.01. The first-order valence-corrected chi connectivity index (χ1v) is 10.7. The van der Waals surface area contributed by atoms with Crippen LogP contribution in [-0.4, -0.2) is 45.4 Å². The molecule has 1 heterocycles. The number of fused-ring (bicyclic) bond motifs is 1. The van der Waals surface area contributed by atoms with Crippen LogP contribution in [0.2, 0.25) is 5.02 Å². The summed E-state index contributed by atoms with van der Waals surface area (Å²) in [6.45, 7) is 1.40. The summed E-state index contributed by atoms with van der Waals surface area (Å²) in [7, 11) is 0. The van der Waals surface area contributed by atoms with Gasteiger partial charge in [0.2, 0.25) is 0 Å². The van der Waals surface area contributed by atoms with Crippen LogP contribution in [-0.2, 0) is 0 Å². The van der Waals surface area contributed by atoms with E-state index in [1.807, 2.05) is 0 Å². The van der Waals surface area contributed by atoms with Crippen molar-refractivity contribution in [3.63, 3.8) is 0 Å². The van der Waals surface area contributed by atoms with Gasteiger partial charge in [0.05, 0.1) is 28.8 Å². The standard InChI is InChI=1S/C22H25ClF2N2O4/c1-13(10-28)27-9-4-14-15(19(27)30)2-3-16(23)17(14)18(29)26-12-21(31)7-5-20(6-8-21)11-22(20,24)25/h2-4,9,13,28,31H,5-8,10-12H2,1H3,(H,26,29)/t13-,20?,21?/m1/s1. The van der Waals surface area contributed by atoms with Gasteiger partial charge in [0.25, 0.3) is 17.4 Å². The molecule has 1 atom stereocenters. The minimum atomic E-state index is -2.64. The Kier molecular flexibility index (Phi) is 5.39. The predicted octanol–water partition coefficient (Wildman–Crippen LogP) is 3.27. The number of pyridine rings is 1. The lowest BCUT2D eigenvalue weighted by Gasteiger charge is -2.36. The van der Waals surface area contributed by atoms with E-state index in [-0.39, 0.29) is 66.8 Å². The Balaban J connectivity index is 1.53. The van der Waals surface area contributed by atoms with Crippen molar-refractivity contribution in [2.24, 2.45) is 5.41 Å². The number of benzene rings is 1. The summed E-state index contributed by atoms with van der Waals surface area (Å²) in [5.41, 5.74) is -2.47. The van der Waals surface area contributed by atoms with Gasteiger partial charge >= 0.3 is 0 Å². The predicted molar refractivity (Wildman–Crippen MR) is 113 cm³/mol. The van der Waals surface area contributed by atoms with Crippen molar-refractivity contribution >= 4 is 28.3 Å². The molecular formula is C22H25ClF2N2O4. The molecule has 0 unspecified atom stereocenters. The average Bonchev–Trinajstić information content (AvgIpc) is 3.28. The number of nitrogens with one attached hydrogen (secondary N) is 1. The zero-order chi connectivity index (χ0) is 22.6. The van der Waals surface area contributed by atoms with Gasteiger partial charge in [0, 0.05) is 35.3 Å². The maximum Gasteiger partial charge on any atom is 0.258 e. The Bertz CT molecular complexity index is 1090. The van der Waals surface area contributed by atoms with Gasteiger partial charge in [-0.05, 0) is 50.8 Å². The number of hydrogen-bond acceptors (Lipinski definition) is 4. The zero-order valence-corrected chi connectivity index (χ0v) is 17.9. The summed E-state index contributed by atoms with van der Waals surface area (Å²) in [6.07, 6.45) is 2.21. The summed E-state index contributed by atoms with van der Waals surface area (Å²) >= 11 is 6.26. The van der Waals surface area contributed by atoms with Gasteiger partial charge in [-0.3, -0.25) is 9.59 Å². The van der Waals surface area contributed by atoms with Crippen molar-refractivity contribution in [3.8, 4) is 0 Å². The Labute approximate surface area is 182 Å². The van der Waals surface area contributed by atoms with Crippen molar-refractivity contribution < 1.29 is 23.8 Å². The minimum Gasteiger partial charge on any atom is -0.394 e. The Morgan fingerprint density at radius 3 is 2.45 bits per heavy atom. The van der Waals surface area contributed by atoms with Gasteiger partial charge in [-0.25, -0.2) is 8.78 Å². The van der Waals surface area contributed by atoms with Crippen LogP contribution >= 0.6 is 11.6 Å². The summed E-state index contributed by atoms with van der Waals surface area (Å²) in [5, 5.41) is 23.6. The van der Waals surface area contributed by atoms with Gasteiger partial charge in [-0.1, -0.05) is 11.6 Å². The van der Waals surface area contributed by atoms with Crippen LogP contribution in [0, 0.1) is 5.41 Å². The lowest BCUT2D eigenvalue weighted by Crippen LogP contribution is -2.46. The molecule has 2 saturated carbocycles. The molecule has 4 rings (SSSR count). The molecule has 6 nitrogen and oxygen atoms in total. The molecule has 1 aromatic carbocycles. The van der Waals surface area contributed by atoms with E-state index in [0.717, 1.165) is 0 Å². The number of aliphatic hydroxyl groups is 2. The number of alkyl halides is 2. The average molecular weight is 455 g/mol. The maximum absolute atomic E-state index is 13.6. The fourth-order valence-electron chi connectivity index (χ4n) is 4.61. The van der Waals surface area contributed by atoms with E-state index in [0.29, 0.717) is 5.39 Å². The van der Waals surface area contributed by atoms with E-state index >= 15 is 0 Å². The summed E-state index contributed by atoms with van der Waals surface area (Å²) in [5.74, 6) is -3.19. The highest BCUT2D eigenvalue weighted by molar-refractivity contribution is 6.35. The van der Waals surface area contributed by atoms with Crippen molar-refractivity contribution in [2.45, 2.75) is 56.6 Å². The van der Waals surface area contributed by atoms with Crippen LogP contribution in [0.15, 0.2) is 29.2 Å².